The average Bonchev–Trinajstić information content (AvgIpc) is 2.29. The number of nitrogens with zero attached hydrogens (tertiary/aromatic N) is 1. The van der Waals surface area contributed by atoms with Gasteiger partial charge in [0.05, 0.1) is 13.2 Å². The largest absolute Gasteiger partial charge is 0.378 e. The maximum Gasteiger partial charge on any atom is 0.132 e. The summed E-state index contributed by atoms with van der Waals surface area (Å²) in [6.45, 7) is 7.92. The van der Waals surface area contributed by atoms with Crippen LogP contribution in [-0.4, -0.2) is 43.0 Å². The fourth-order valence-electron chi connectivity index (χ4n) is 2.02. The molecule has 1 aliphatic rings. The van der Waals surface area contributed by atoms with Gasteiger partial charge in [0.2, 0.25) is 0 Å². The topological polar surface area (TPSA) is 29.5 Å². The molecule has 1 fully saturated rings. The van der Waals surface area contributed by atoms with Crippen molar-refractivity contribution >= 4 is 5.78 Å². The van der Waals surface area contributed by atoms with Crippen LogP contribution in [0, 0.1) is 0 Å². The monoisotopic (exact) mass is 213 g/mol. The van der Waals surface area contributed by atoms with Crippen LogP contribution < -0.4 is 0 Å². The third kappa shape index (κ3) is 4.31. The highest BCUT2D eigenvalue weighted by atomic mass is 16.5. The molecule has 0 aromatic rings. The highest BCUT2D eigenvalue weighted by molar-refractivity contribution is 5.77. The predicted octanol–water partition coefficient (Wildman–Crippen LogP) is 1.86. The molecule has 0 aliphatic carbocycles. The first-order valence-corrected chi connectivity index (χ1v) is 6.11. The van der Waals surface area contributed by atoms with Gasteiger partial charge in [-0.05, 0) is 19.4 Å². The highest BCUT2D eigenvalue weighted by Gasteiger charge is 2.20. The molecule has 1 rings (SSSR count). The summed E-state index contributed by atoms with van der Waals surface area (Å²) in [6, 6.07) is 0.565. The van der Waals surface area contributed by atoms with Crippen LogP contribution in [0.25, 0.3) is 0 Å². The molecule has 1 heterocycles. The second kappa shape index (κ2) is 6.96. The second-order valence-electron chi connectivity index (χ2n) is 4.17. The number of carbonyl (C=O) groups excluding carboxylic acids is 1. The Labute approximate surface area is 92.8 Å². The Kier molecular flexibility index (Phi) is 5.88. The summed E-state index contributed by atoms with van der Waals surface area (Å²) in [4.78, 5) is 13.6. The summed E-state index contributed by atoms with van der Waals surface area (Å²) in [6.07, 6.45) is 3.56. The third-order valence-electron chi connectivity index (χ3n) is 3.12. The maximum absolute atomic E-state index is 11.2. The van der Waals surface area contributed by atoms with Crippen molar-refractivity contribution in [3.63, 3.8) is 0 Å². The molecular weight excluding hydrogens is 190 g/mol. The van der Waals surface area contributed by atoms with Crippen molar-refractivity contribution in [2.24, 2.45) is 0 Å². The van der Waals surface area contributed by atoms with Gasteiger partial charge in [-0.2, -0.15) is 0 Å². The Balaban J connectivity index is 2.20. The van der Waals surface area contributed by atoms with Crippen LogP contribution in [0.3, 0.4) is 0 Å². The Hall–Kier alpha value is -0.410. The lowest BCUT2D eigenvalue weighted by molar-refractivity contribution is -0.119. The molecule has 0 saturated carbocycles. The van der Waals surface area contributed by atoms with Gasteiger partial charge in [0.15, 0.2) is 0 Å². The molecule has 1 atom stereocenters. The van der Waals surface area contributed by atoms with E-state index >= 15 is 0 Å². The standard InChI is InChI=1S/C12H23NO2/c1-3-11-10-15-9-8-13(11)7-5-6-12(14)4-2/h11H,3-10H2,1-2H3. The number of hydrogen-bond donors (Lipinski definition) is 0. The van der Waals surface area contributed by atoms with Gasteiger partial charge in [0.1, 0.15) is 5.78 Å². The minimum atomic E-state index is 0.385. The molecule has 1 unspecified atom stereocenters. The number of morpholine rings is 1. The van der Waals surface area contributed by atoms with Gasteiger partial charge in [0, 0.05) is 25.4 Å². The van der Waals surface area contributed by atoms with Crippen LogP contribution in [0.1, 0.15) is 39.5 Å². The van der Waals surface area contributed by atoms with Crippen molar-refractivity contribution in [1.82, 2.24) is 4.90 Å². The zero-order chi connectivity index (χ0) is 11.1. The van der Waals surface area contributed by atoms with E-state index in [2.05, 4.69) is 11.8 Å². The minimum Gasteiger partial charge on any atom is -0.378 e. The van der Waals surface area contributed by atoms with Crippen molar-refractivity contribution in [2.45, 2.75) is 45.6 Å². The first-order chi connectivity index (χ1) is 7.27. The van der Waals surface area contributed by atoms with Gasteiger partial charge in [-0.3, -0.25) is 9.69 Å². The lowest BCUT2D eigenvalue weighted by atomic mass is 10.1. The molecule has 15 heavy (non-hydrogen) atoms. The Morgan fingerprint density at radius 2 is 2.27 bits per heavy atom. The van der Waals surface area contributed by atoms with Crippen LogP contribution in [-0.2, 0) is 9.53 Å². The van der Waals surface area contributed by atoms with Crippen LogP contribution in [0.2, 0.25) is 0 Å². The zero-order valence-electron chi connectivity index (χ0n) is 10.00. The number of rotatable bonds is 6. The summed E-state index contributed by atoms with van der Waals surface area (Å²) in [5.74, 6) is 0.385. The summed E-state index contributed by atoms with van der Waals surface area (Å²) in [5.41, 5.74) is 0. The number of carbonyl (C=O) groups is 1. The lowest BCUT2D eigenvalue weighted by Gasteiger charge is -2.34. The zero-order valence-corrected chi connectivity index (χ0v) is 10.00. The summed E-state index contributed by atoms with van der Waals surface area (Å²) in [5, 5.41) is 0. The fraction of sp³-hybridized carbons (Fsp3) is 0.917. The molecule has 0 N–H and O–H groups in total. The Morgan fingerprint density at radius 3 is 2.93 bits per heavy atom. The van der Waals surface area contributed by atoms with Gasteiger partial charge in [-0.15, -0.1) is 0 Å². The number of Topliss-reactive ketones (excluding diaryl/α,β-unsaturated/α-hetero) is 1. The smallest absolute Gasteiger partial charge is 0.132 e. The molecule has 3 heteroatoms. The number of ether oxygens (including phenoxy) is 1. The van der Waals surface area contributed by atoms with E-state index in [-0.39, 0.29) is 0 Å². The van der Waals surface area contributed by atoms with Crippen molar-refractivity contribution in [3.8, 4) is 0 Å². The van der Waals surface area contributed by atoms with E-state index in [1.807, 2.05) is 6.92 Å². The molecular formula is C12H23NO2. The molecule has 1 saturated heterocycles. The molecule has 88 valence electrons. The van der Waals surface area contributed by atoms with Gasteiger partial charge >= 0.3 is 0 Å². The van der Waals surface area contributed by atoms with Gasteiger partial charge in [-0.25, -0.2) is 0 Å². The Bertz CT molecular complexity index is 194. The van der Waals surface area contributed by atoms with Crippen molar-refractivity contribution in [2.75, 3.05) is 26.3 Å². The normalized spacial score (nSPS) is 22.9. The van der Waals surface area contributed by atoms with Crippen molar-refractivity contribution in [1.29, 1.82) is 0 Å². The maximum atomic E-state index is 11.2. The first kappa shape index (κ1) is 12.7. The molecule has 3 nitrogen and oxygen atoms in total. The third-order valence-corrected chi connectivity index (χ3v) is 3.12. The van der Waals surface area contributed by atoms with Gasteiger partial charge < -0.3 is 4.74 Å². The molecule has 0 radical (unpaired) electrons. The van der Waals surface area contributed by atoms with E-state index in [4.69, 9.17) is 4.74 Å². The minimum absolute atomic E-state index is 0.385. The number of hydrogen-bond acceptors (Lipinski definition) is 3. The van der Waals surface area contributed by atoms with Crippen LogP contribution >= 0.6 is 0 Å². The predicted molar refractivity (Wildman–Crippen MR) is 61.0 cm³/mol. The molecule has 0 aromatic carbocycles. The van der Waals surface area contributed by atoms with E-state index in [0.29, 0.717) is 18.2 Å². The quantitative estimate of drug-likeness (QED) is 0.674. The van der Waals surface area contributed by atoms with E-state index < -0.39 is 0 Å². The van der Waals surface area contributed by atoms with E-state index in [1.54, 1.807) is 0 Å². The van der Waals surface area contributed by atoms with E-state index in [0.717, 1.165) is 45.6 Å². The molecule has 0 amide bonds. The molecule has 0 aromatic heterocycles. The fourth-order valence-corrected chi connectivity index (χ4v) is 2.02. The van der Waals surface area contributed by atoms with E-state index in [1.165, 1.54) is 0 Å². The summed E-state index contributed by atoms with van der Waals surface area (Å²) < 4.78 is 5.44. The van der Waals surface area contributed by atoms with Crippen LogP contribution in [0.4, 0.5) is 0 Å². The Morgan fingerprint density at radius 1 is 1.47 bits per heavy atom. The molecule has 1 aliphatic heterocycles. The molecule has 0 bridgehead atoms. The van der Waals surface area contributed by atoms with Gasteiger partial charge in [0.25, 0.3) is 0 Å². The second-order valence-corrected chi connectivity index (χ2v) is 4.17. The van der Waals surface area contributed by atoms with Crippen LogP contribution in [0.15, 0.2) is 0 Å². The van der Waals surface area contributed by atoms with Crippen LogP contribution in [0.5, 0.6) is 0 Å². The molecule has 0 spiro atoms. The highest BCUT2D eigenvalue weighted by Crippen LogP contribution is 2.11. The summed E-state index contributed by atoms with van der Waals surface area (Å²) >= 11 is 0. The number of ketones is 1. The van der Waals surface area contributed by atoms with Crippen molar-refractivity contribution < 1.29 is 9.53 Å². The summed E-state index contributed by atoms with van der Waals surface area (Å²) in [7, 11) is 0. The average molecular weight is 213 g/mol. The van der Waals surface area contributed by atoms with Crippen molar-refractivity contribution in [3.05, 3.63) is 0 Å². The lowest BCUT2D eigenvalue weighted by Crippen LogP contribution is -2.45. The SMILES string of the molecule is CCC(=O)CCCN1CCOCC1CC. The van der Waals surface area contributed by atoms with Gasteiger partial charge in [-0.1, -0.05) is 13.8 Å². The first-order valence-electron chi connectivity index (χ1n) is 6.11. The van der Waals surface area contributed by atoms with E-state index in [9.17, 15) is 4.79 Å².